The highest BCUT2D eigenvalue weighted by molar-refractivity contribution is 5.84. The number of amides is 2. The van der Waals surface area contributed by atoms with Crippen molar-refractivity contribution in [2.24, 2.45) is 10.9 Å². The number of ether oxygens (including phenoxy) is 3. The van der Waals surface area contributed by atoms with Gasteiger partial charge in [0.25, 0.3) is 0 Å². The first-order valence-corrected chi connectivity index (χ1v) is 18.1. The number of unbranched alkanes of at least 4 members (excludes halogenated alkanes) is 2. The van der Waals surface area contributed by atoms with E-state index in [1.54, 1.807) is 51.1 Å². The Kier molecular flexibility index (Phi) is 15.0. The van der Waals surface area contributed by atoms with Crippen LogP contribution < -0.4 is 15.4 Å². The third-order valence-corrected chi connectivity index (χ3v) is 8.66. The lowest BCUT2D eigenvalue weighted by Crippen LogP contribution is -2.42. The van der Waals surface area contributed by atoms with Crippen molar-refractivity contribution in [1.82, 2.24) is 10.6 Å². The molecule has 4 rings (SSSR count). The molecule has 3 atom stereocenters. The summed E-state index contributed by atoms with van der Waals surface area (Å²) in [6.07, 6.45) is 8.90. The average molecular weight is 718 g/mol. The number of nitrogens with zero attached hydrogens (tertiary/aromatic N) is 1. The Hall–Kier alpha value is -4.93. The van der Waals surface area contributed by atoms with Crippen LogP contribution in [0.5, 0.6) is 5.75 Å². The fraction of sp³-hybridized carbons (Fsp3) is 0.463. The van der Waals surface area contributed by atoms with Crippen molar-refractivity contribution in [2.45, 2.75) is 96.6 Å². The first kappa shape index (κ1) is 39.8. The Bertz CT molecular complexity index is 1630. The maximum atomic E-state index is 13.7. The molecule has 0 radical (unpaired) electrons. The lowest BCUT2D eigenvalue weighted by Gasteiger charge is -2.29. The molecule has 0 spiro atoms. The summed E-state index contributed by atoms with van der Waals surface area (Å²) in [4.78, 5) is 41.2. The Morgan fingerprint density at radius 2 is 1.67 bits per heavy atom. The monoisotopic (exact) mass is 717 g/mol. The number of carbonyl (C=O) groups excluding carboxylic acids is 2. The minimum absolute atomic E-state index is 0.0184. The van der Waals surface area contributed by atoms with Gasteiger partial charge in [-0.3, -0.25) is 4.79 Å². The number of hydrogen-bond donors (Lipinski definition) is 3. The van der Waals surface area contributed by atoms with Gasteiger partial charge in [0.2, 0.25) is 5.91 Å². The smallest absolute Gasteiger partial charge is 0.407 e. The highest BCUT2D eigenvalue weighted by Crippen LogP contribution is 2.37. The number of allylic oxidation sites excluding steroid dienone is 5. The molecule has 2 aromatic rings. The first-order valence-electron chi connectivity index (χ1n) is 18.1. The van der Waals surface area contributed by atoms with Crippen LogP contribution in [0.1, 0.15) is 89.7 Å². The average Bonchev–Trinajstić information content (AvgIpc) is 3.10. The van der Waals surface area contributed by atoms with Gasteiger partial charge in [0.1, 0.15) is 23.2 Å². The molecule has 2 aromatic carbocycles. The molecule has 0 bridgehead atoms. The highest BCUT2D eigenvalue weighted by atomic mass is 19.1. The maximum absolute atomic E-state index is 13.7. The molecule has 3 N–H and O–H groups in total. The Morgan fingerprint density at radius 3 is 2.35 bits per heavy atom. The van der Waals surface area contributed by atoms with Crippen LogP contribution in [0.25, 0.3) is 0 Å². The van der Waals surface area contributed by atoms with Crippen molar-refractivity contribution < 1.29 is 38.1 Å². The number of carboxylic acids is 1. The minimum Gasteiger partial charge on any atom is -0.494 e. The van der Waals surface area contributed by atoms with E-state index in [0.29, 0.717) is 63.5 Å². The molecule has 2 amide bonds. The molecule has 1 heterocycles. The zero-order valence-electron chi connectivity index (χ0n) is 30.7. The molecule has 0 saturated carbocycles. The van der Waals surface area contributed by atoms with Gasteiger partial charge in [0.15, 0.2) is 5.90 Å². The van der Waals surface area contributed by atoms with Gasteiger partial charge in [-0.15, -0.1) is 0 Å². The van der Waals surface area contributed by atoms with Gasteiger partial charge in [-0.25, -0.2) is 19.0 Å². The van der Waals surface area contributed by atoms with Crippen molar-refractivity contribution in [3.05, 3.63) is 101 Å². The Labute approximate surface area is 306 Å². The Morgan fingerprint density at radius 1 is 0.942 bits per heavy atom. The van der Waals surface area contributed by atoms with Crippen molar-refractivity contribution in [1.29, 1.82) is 0 Å². The quantitative estimate of drug-likeness (QED) is 0.141. The third kappa shape index (κ3) is 13.3. The van der Waals surface area contributed by atoms with Gasteiger partial charge < -0.3 is 30.0 Å². The summed E-state index contributed by atoms with van der Waals surface area (Å²) in [5.41, 5.74) is 3.17. The van der Waals surface area contributed by atoms with Crippen LogP contribution in [0.3, 0.4) is 0 Å². The number of aliphatic carboxylic acids is 1. The van der Waals surface area contributed by atoms with E-state index in [1.807, 2.05) is 18.2 Å². The number of aliphatic imine (C=N–C) groups is 1. The summed E-state index contributed by atoms with van der Waals surface area (Å²) in [6.45, 7) is 8.73. The minimum atomic E-state index is -1.10. The molecule has 10 nitrogen and oxygen atoms in total. The second-order valence-electron chi connectivity index (χ2n) is 14.1. The molecule has 52 heavy (non-hydrogen) atoms. The van der Waals surface area contributed by atoms with Gasteiger partial charge in [0.05, 0.1) is 18.9 Å². The number of carbonyl (C=O) groups is 3. The van der Waals surface area contributed by atoms with Gasteiger partial charge in [-0.2, -0.15) is 0 Å². The van der Waals surface area contributed by atoms with Crippen molar-refractivity contribution in [3.8, 4) is 5.75 Å². The molecule has 1 aliphatic carbocycles. The summed E-state index contributed by atoms with van der Waals surface area (Å²) in [5.74, 6) is -0.183. The lowest BCUT2D eigenvalue weighted by atomic mass is 9.83. The van der Waals surface area contributed by atoms with Crippen molar-refractivity contribution >= 4 is 23.9 Å². The van der Waals surface area contributed by atoms with Crippen LogP contribution in [-0.2, 0) is 25.5 Å². The van der Waals surface area contributed by atoms with E-state index >= 15 is 0 Å². The van der Waals surface area contributed by atoms with Crippen LogP contribution >= 0.6 is 0 Å². The molecule has 0 aromatic heterocycles. The predicted molar refractivity (Wildman–Crippen MR) is 199 cm³/mol. The molecule has 0 saturated heterocycles. The van der Waals surface area contributed by atoms with Crippen LogP contribution in [-0.4, -0.2) is 60.4 Å². The molecule has 2 aliphatic rings. The van der Waals surface area contributed by atoms with Crippen molar-refractivity contribution in [3.63, 3.8) is 0 Å². The largest absolute Gasteiger partial charge is 0.494 e. The number of nitrogens with one attached hydrogen (secondary N) is 2. The number of halogens is 1. The maximum Gasteiger partial charge on any atom is 0.407 e. The number of alkyl carbamates (subject to hydrolysis) is 1. The zero-order chi connectivity index (χ0) is 37.5. The van der Waals surface area contributed by atoms with E-state index in [9.17, 15) is 23.9 Å². The first-order chi connectivity index (χ1) is 24.9. The summed E-state index contributed by atoms with van der Waals surface area (Å²) in [7, 11) is 0. The Balaban J connectivity index is 1.17. The normalized spacial score (nSPS) is 17.8. The van der Waals surface area contributed by atoms with E-state index in [0.717, 1.165) is 28.8 Å². The number of benzene rings is 2. The topological polar surface area (TPSA) is 136 Å². The lowest BCUT2D eigenvalue weighted by molar-refractivity contribution is -0.141. The van der Waals surface area contributed by atoms with E-state index in [-0.39, 0.29) is 36.4 Å². The molecule has 3 unspecified atom stereocenters. The molecular formula is C41H52FN3O7. The zero-order valence-corrected chi connectivity index (χ0v) is 30.7. The van der Waals surface area contributed by atoms with Crippen molar-refractivity contribution in [2.75, 3.05) is 19.8 Å². The fourth-order valence-electron chi connectivity index (χ4n) is 5.89. The second kappa shape index (κ2) is 19.6. The number of rotatable bonds is 17. The molecular weight excluding hydrogens is 665 g/mol. The van der Waals surface area contributed by atoms with E-state index in [2.05, 4.69) is 35.8 Å². The number of hydrogen-bond acceptors (Lipinski definition) is 7. The second-order valence-corrected chi connectivity index (χ2v) is 14.1. The summed E-state index contributed by atoms with van der Waals surface area (Å²) < 4.78 is 30.8. The molecule has 1 aliphatic heterocycles. The van der Waals surface area contributed by atoms with E-state index in [4.69, 9.17) is 19.2 Å². The third-order valence-electron chi connectivity index (χ3n) is 8.66. The summed E-state index contributed by atoms with van der Waals surface area (Å²) in [5, 5.41) is 15.1. The molecule has 11 heteroatoms. The van der Waals surface area contributed by atoms with Gasteiger partial charge in [0, 0.05) is 37.6 Å². The van der Waals surface area contributed by atoms with Gasteiger partial charge >= 0.3 is 12.1 Å². The van der Waals surface area contributed by atoms with Crippen LogP contribution in [0, 0.1) is 5.92 Å². The van der Waals surface area contributed by atoms with E-state index < -0.39 is 23.7 Å². The summed E-state index contributed by atoms with van der Waals surface area (Å²) in [6, 6.07) is 16.2. The van der Waals surface area contributed by atoms with Gasteiger partial charge in [-0.05, 0) is 87.8 Å². The standard InChI is InChI=1S/C41H52FN3O7/c1-28-34(30-12-7-5-8-13-30)27-35(31-17-19-32(42)20-18-31)45-38(28)51-24-10-6-9-14-37(46)44-36(39(47)48)26-29-15-21-33(22-16-29)50-25-11-23-43-40(49)52-41(2,3)4/h5,7-8,12-13,15-17,19,21-22,27-28,34,36H,6,9-11,14,18,20,23-26H2,1-4H3,(H,43,49)(H,44,46)(H,47,48). The number of carboxylic acid groups (broad SMARTS) is 1. The fourth-order valence-corrected chi connectivity index (χ4v) is 5.89. The molecule has 280 valence electrons. The van der Waals surface area contributed by atoms with Crippen LogP contribution in [0.4, 0.5) is 9.18 Å². The highest BCUT2D eigenvalue weighted by Gasteiger charge is 2.29. The molecule has 0 fully saturated rings. The van der Waals surface area contributed by atoms with Crippen LogP contribution in [0.2, 0.25) is 0 Å². The predicted octanol–water partition coefficient (Wildman–Crippen LogP) is 7.96. The van der Waals surface area contributed by atoms with Gasteiger partial charge in [-0.1, -0.05) is 61.5 Å². The van der Waals surface area contributed by atoms with E-state index in [1.165, 1.54) is 6.08 Å². The van der Waals surface area contributed by atoms with Crippen LogP contribution in [0.15, 0.2) is 94.9 Å². The summed E-state index contributed by atoms with van der Waals surface area (Å²) >= 11 is 0. The SMILES string of the molecule is CC1C(OCCCCCC(=O)NC(Cc2ccc(OCCCNC(=O)OC(C)(C)C)cc2)C(=O)O)=NC(C2=CC=C(F)CC2)=CC1c1ccccc1.